The zero-order valence-corrected chi connectivity index (χ0v) is 37.7. The number of benzene rings is 5. The topological polar surface area (TPSA) is 119 Å². The molecule has 0 aromatic heterocycles. The Morgan fingerprint density at radius 1 is 0.839 bits per heavy atom. The predicted octanol–water partition coefficient (Wildman–Crippen LogP) is 9.04. The van der Waals surface area contributed by atoms with Crippen molar-refractivity contribution in [2.24, 2.45) is 0 Å². The van der Waals surface area contributed by atoms with Crippen LogP contribution in [-0.4, -0.2) is 95.7 Å². The fraction of sp³-hybridized carbons (Fsp3) is 0.311. The van der Waals surface area contributed by atoms with Crippen LogP contribution in [0.4, 0.5) is 24.5 Å². The van der Waals surface area contributed by atoms with E-state index in [1.54, 1.807) is 12.1 Å². The summed E-state index contributed by atoms with van der Waals surface area (Å²) in [5.41, 5.74) is -1.90. The number of carbonyl (C=O) groups excluding carboxylic acids is 1. The van der Waals surface area contributed by atoms with Gasteiger partial charge in [0.05, 0.1) is 10.6 Å². The summed E-state index contributed by atoms with van der Waals surface area (Å²) in [7, 11) is -8.98. The molecule has 6 rings (SSSR count). The van der Waals surface area contributed by atoms with Crippen LogP contribution in [0.2, 0.25) is 5.02 Å². The van der Waals surface area contributed by atoms with Gasteiger partial charge in [0.25, 0.3) is 25.8 Å². The summed E-state index contributed by atoms with van der Waals surface area (Å²) in [5, 5.41) is 3.65. The highest BCUT2D eigenvalue weighted by molar-refractivity contribution is 7.99. The molecule has 330 valence electrons. The molecule has 5 aromatic carbocycles. The third-order valence-corrected chi connectivity index (χ3v) is 15.1. The van der Waals surface area contributed by atoms with Crippen molar-refractivity contribution in [1.82, 2.24) is 14.5 Å². The molecule has 2 N–H and O–H groups in total. The summed E-state index contributed by atoms with van der Waals surface area (Å²) in [6.07, 6.45) is 0.436. The Bertz CT molecular complexity index is 2520. The van der Waals surface area contributed by atoms with Gasteiger partial charge in [-0.3, -0.25) is 9.69 Å². The lowest BCUT2D eigenvalue weighted by Crippen LogP contribution is -2.46. The maximum absolute atomic E-state index is 14.1. The van der Waals surface area contributed by atoms with Crippen molar-refractivity contribution < 1.29 is 34.8 Å². The van der Waals surface area contributed by atoms with E-state index in [1.807, 2.05) is 97.2 Å². The minimum absolute atomic E-state index is 0.0127. The van der Waals surface area contributed by atoms with E-state index in [0.29, 0.717) is 42.9 Å². The van der Waals surface area contributed by atoms with Crippen LogP contribution in [0.5, 0.6) is 0 Å². The molecule has 10 nitrogen and oxygen atoms in total. The Kier molecular flexibility index (Phi) is 15.4. The molecule has 0 spiro atoms. The quantitative estimate of drug-likeness (QED) is 0.0875. The molecular formula is C45H49ClF3N5O5S3. The van der Waals surface area contributed by atoms with Crippen LogP contribution < -0.4 is 14.9 Å². The van der Waals surface area contributed by atoms with E-state index in [9.17, 15) is 34.8 Å². The van der Waals surface area contributed by atoms with Crippen LogP contribution >= 0.6 is 23.4 Å². The Hall–Kier alpha value is -4.58. The first-order valence-electron chi connectivity index (χ1n) is 20.0. The van der Waals surface area contributed by atoms with E-state index in [4.69, 9.17) is 11.6 Å². The third kappa shape index (κ3) is 11.9. The molecular weight excluding hydrogens is 879 g/mol. The summed E-state index contributed by atoms with van der Waals surface area (Å²) in [5.74, 6) is -0.664. The largest absolute Gasteiger partial charge is 0.501 e. The Balaban J connectivity index is 1.13. The van der Waals surface area contributed by atoms with E-state index in [-0.39, 0.29) is 11.6 Å². The van der Waals surface area contributed by atoms with Crippen molar-refractivity contribution in [1.29, 1.82) is 0 Å². The Morgan fingerprint density at radius 2 is 1.48 bits per heavy atom. The average Bonchev–Trinajstić information content (AvgIpc) is 3.25. The standard InChI is InChI=1S/C45H49ClF3N5O5S3/c1-32(2)52(3)24-23-37(31-60-39-10-5-4-6-11-39)50-42-22-21-40(29-43(42)61(56,57)45(47,48)49)62(58,59)51-44(55)34-15-19-38(20-16-34)54-27-25-53(26-28-54)30-35-9-7-8-12-41(35)33-13-17-36(46)18-14-33/h4-22,29,32,37,50H,23-28,30-31H2,1-3H3,(H,51,55)/t37-/m1/s1. The number of thioether (sulfide) groups is 1. The number of sulfone groups is 1. The van der Waals surface area contributed by atoms with Crippen LogP contribution in [0.1, 0.15) is 36.2 Å². The summed E-state index contributed by atoms with van der Waals surface area (Å²) in [4.78, 5) is 18.7. The van der Waals surface area contributed by atoms with E-state index in [1.165, 1.54) is 29.5 Å². The van der Waals surface area contributed by atoms with Crippen molar-refractivity contribution in [3.63, 3.8) is 0 Å². The number of hydrogen-bond acceptors (Lipinski definition) is 10. The first-order chi connectivity index (χ1) is 29.4. The summed E-state index contributed by atoms with van der Waals surface area (Å²) in [6, 6.07) is 33.8. The smallest absolute Gasteiger partial charge is 0.380 e. The van der Waals surface area contributed by atoms with Gasteiger partial charge in [0, 0.05) is 78.3 Å². The van der Waals surface area contributed by atoms with E-state index in [2.05, 4.69) is 27.2 Å². The summed E-state index contributed by atoms with van der Waals surface area (Å²) in [6.45, 7) is 8.26. The molecule has 1 aliphatic heterocycles. The molecule has 0 bridgehead atoms. The number of nitrogens with zero attached hydrogens (tertiary/aromatic N) is 3. The minimum atomic E-state index is -6.05. The highest BCUT2D eigenvalue weighted by Crippen LogP contribution is 2.37. The molecule has 1 aliphatic rings. The number of rotatable bonds is 17. The van der Waals surface area contributed by atoms with Crippen LogP contribution in [0.3, 0.4) is 0 Å². The number of carbonyl (C=O) groups is 1. The normalized spacial score (nSPS) is 14.6. The van der Waals surface area contributed by atoms with Crippen LogP contribution in [0, 0.1) is 0 Å². The monoisotopic (exact) mass is 927 g/mol. The molecule has 17 heteroatoms. The number of nitrogens with one attached hydrogen (secondary N) is 2. The molecule has 1 atom stereocenters. The minimum Gasteiger partial charge on any atom is -0.380 e. The Labute approximate surface area is 371 Å². The van der Waals surface area contributed by atoms with Gasteiger partial charge in [-0.25, -0.2) is 21.6 Å². The van der Waals surface area contributed by atoms with Gasteiger partial charge < -0.3 is 15.1 Å². The van der Waals surface area contributed by atoms with Gasteiger partial charge >= 0.3 is 5.51 Å². The fourth-order valence-electron chi connectivity index (χ4n) is 6.92. The van der Waals surface area contributed by atoms with Gasteiger partial charge in [-0.05, 0) is 111 Å². The Morgan fingerprint density at radius 3 is 2.13 bits per heavy atom. The third-order valence-electron chi connectivity index (χ3n) is 10.8. The molecule has 62 heavy (non-hydrogen) atoms. The number of amides is 1. The van der Waals surface area contributed by atoms with Crippen LogP contribution in [0.25, 0.3) is 11.1 Å². The number of hydrogen-bond donors (Lipinski definition) is 2. The second-order valence-corrected chi connectivity index (χ2v) is 20.5. The number of alkyl halides is 3. The van der Waals surface area contributed by atoms with Gasteiger partial charge in [0.1, 0.15) is 4.90 Å². The van der Waals surface area contributed by atoms with Crippen molar-refractivity contribution in [3.8, 4) is 11.1 Å². The molecule has 1 fully saturated rings. The summed E-state index contributed by atoms with van der Waals surface area (Å²) < 4.78 is 97.2. The lowest BCUT2D eigenvalue weighted by atomic mass is 9.99. The molecule has 0 radical (unpaired) electrons. The SMILES string of the molecule is CC(C)N(C)CC[C@H](CSc1ccccc1)Nc1ccc(S(=O)(=O)NC(=O)c2ccc(N3CCN(Cc4ccccc4-c4ccc(Cl)cc4)CC3)cc2)cc1S(=O)(=O)C(F)(F)F. The number of anilines is 2. The molecule has 0 saturated carbocycles. The summed E-state index contributed by atoms with van der Waals surface area (Å²) >= 11 is 7.55. The van der Waals surface area contributed by atoms with Crippen molar-refractivity contribution in [2.75, 3.05) is 55.7 Å². The maximum atomic E-state index is 14.1. The average molecular weight is 929 g/mol. The second-order valence-electron chi connectivity index (χ2n) is 15.3. The maximum Gasteiger partial charge on any atom is 0.501 e. The van der Waals surface area contributed by atoms with E-state index >= 15 is 0 Å². The van der Waals surface area contributed by atoms with Gasteiger partial charge in [-0.1, -0.05) is 66.2 Å². The molecule has 1 heterocycles. The zero-order valence-electron chi connectivity index (χ0n) is 34.5. The molecule has 5 aromatic rings. The highest BCUT2D eigenvalue weighted by Gasteiger charge is 2.48. The second kappa shape index (κ2) is 20.3. The van der Waals surface area contributed by atoms with Gasteiger partial charge in [-0.15, -0.1) is 11.8 Å². The van der Waals surface area contributed by atoms with E-state index < -0.39 is 52.8 Å². The molecule has 0 unspecified atom stereocenters. The van der Waals surface area contributed by atoms with Gasteiger partial charge in [0.2, 0.25) is 0 Å². The molecule has 1 amide bonds. The lowest BCUT2D eigenvalue weighted by molar-refractivity contribution is -0.0435. The predicted molar refractivity (Wildman–Crippen MR) is 242 cm³/mol. The highest BCUT2D eigenvalue weighted by atomic mass is 35.5. The lowest BCUT2D eigenvalue weighted by Gasteiger charge is -2.36. The zero-order chi connectivity index (χ0) is 44.7. The first-order valence-corrected chi connectivity index (χ1v) is 24.3. The first kappa shape index (κ1) is 46.9. The van der Waals surface area contributed by atoms with Crippen molar-refractivity contribution in [3.05, 3.63) is 137 Å². The van der Waals surface area contributed by atoms with Gasteiger partial charge in [0.15, 0.2) is 0 Å². The molecule has 1 saturated heterocycles. The molecule has 0 aliphatic carbocycles. The van der Waals surface area contributed by atoms with Crippen LogP contribution in [-0.2, 0) is 26.4 Å². The number of piperazine rings is 1. The van der Waals surface area contributed by atoms with E-state index in [0.717, 1.165) is 53.5 Å². The van der Waals surface area contributed by atoms with Crippen molar-refractivity contribution in [2.45, 2.75) is 59.1 Å². The number of halogens is 4. The fourth-order valence-corrected chi connectivity index (χ4v) is 10.1. The van der Waals surface area contributed by atoms with Gasteiger partial charge in [-0.2, -0.15) is 13.2 Å². The van der Waals surface area contributed by atoms with Crippen LogP contribution in [0.15, 0.2) is 136 Å². The number of sulfonamides is 1. The van der Waals surface area contributed by atoms with Crippen molar-refractivity contribution >= 4 is 60.5 Å².